The highest BCUT2D eigenvalue weighted by Crippen LogP contribution is 2.32. The molecule has 14 heteroatoms. The lowest BCUT2D eigenvalue weighted by atomic mass is 9.90. The molecule has 2 fully saturated rings. The molecule has 1 aromatic carbocycles. The Morgan fingerprint density at radius 1 is 1.04 bits per heavy atom. The summed E-state index contributed by atoms with van der Waals surface area (Å²) in [5.41, 5.74) is 0.872. The number of benzene rings is 1. The maximum atomic E-state index is 13.9. The summed E-state index contributed by atoms with van der Waals surface area (Å²) < 4.78 is 19.9. The number of hydrogen-bond acceptors (Lipinski definition) is 9. The summed E-state index contributed by atoms with van der Waals surface area (Å²) in [4.78, 5) is 67.9. The normalized spacial score (nSPS) is 19.5. The van der Waals surface area contributed by atoms with Crippen molar-refractivity contribution in [3.05, 3.63) is 29.8 Å². The van der Waals surface area contributed by atoms with E-state index in [-0.39, 0.29) is 48.6 Å². The van der Waals surface area contributed by atoms with Crippen LogP contribution < -0.4 is 20.1 Å². The number of carbonyl (C=O) groups excluding carboxylic acids is 5. The van der Waals surface area contributed by atoms with E-state index in [2.05, 4.69) is 15.4 Å². The highest BCUT2D eigenvalue weighted by atomic mass is 32.2. The summed E-state index contributed by atoms with van der Waals surface area (Å²) in [5, 5.41) is 5.79. The van der Waals surface area contributed by atoms with Crippen molar-refractivity contribution in [1.82, 2.24) is 25.2 Å². The lowest BCUT2D eigenvalue weighted by Crippen LogP contribution is -2.55. The van der Waals surface area contributed by atoms with E-state index in [4.69, 9.17) is 14.2 Å². The second kappa shape index (κ2) is 19.7. The number of likely N-dealkylation sites (N-methyl/N-ethyl adjacent to an activating group) is 1. The number of nitrogens with zero attached hydrogens (tertiary/aromatic N) is 2. The highest BCUT2D eigenvalue weighted by molar-refractivity contribution is 7.98. The molecule has 1 aliphatic heterocycles. The average molecular weight is 706 g/mol. The Hall–Kier alpha value is -3.36. The molecule has 1 heterocycles. The zero-order valence-electron chi connectivity index (χ0n) is 29.9. The van der Waals surface area contributed by atoms with Crippen LogP contribution >= 0.6 is 11.9 Å². The van der Waals surface area contributed by atoms with Crippen LogP contribution in [0.15, 0.2) is 24.3 Å². The molecular formula is C35H55N5O8S. The zero-order valence-corrected chi connectivity index (χ0v) is 30.8. The van der Waals surface area contributed by atoms with Crippen LogP contribution in [0.2, 0.25) is 0 Å². The molecule has 2 aliphatic rings. The van der Waals surface area contributed by atoms with Crippen LogP contribution in [-0.2, 0) is 39.9 Å². The molecular weight excluding hydrogens is 650 g/mol. The fourth-order valence-electron chi connectivity index (χ4n) is 6.49. The molecule has 1 aliphatic carbocycles. The van der Waals surface area contributed by atoms with Gasteiger partial charge in [0.05, 0.1) is 50.3 Å². The van der Waals surface area contributed by atoms with E-state index in [9.17, 15) is 24.0 Å². The SMILES string of the molecule is CC[C@H](C)C(C(CC(=O)N1CCC[C@H]1C(OC)[C@@H](C)C(=O)N[C@@H](Cc1ccc(OC)cc1)C(=O)NSC1CC1)OC)N(C)C(=O)CNC=O. The average Bonchev–Trinajstić information content (AvgIpc) is 3.82. The highest BCUT2D eigenvalue weighted by Gasteiger charge is 2.42. The third-order valence-corrected chi connectivity index (χ3v) is 10.8. The molecule has 274 valence electrons. The minimum atomic E-state index is -0.810. The van der Waals surface area contributed by atoms with Crippen LogP contribution in [0, 0.1) is 11.8 Å². The predicted molar refractivity (Wildman–Crippen MR) is 188 cm³/mol. The molecule has 7 atom stereocenters. The zero-order chi connectivity index (χ0) is 36.1. The van der Waals surface area contributed by atoms with Gasteiger partial charge in [0.2, 0.25) is 24.1 Å². The summed E-state index contributed by atoms with van der Waals surface area (Å²) in [6, 6.07) is 5.80. The van der Waals surface area contributed by atoms with E-state index in [1.807, 2.05) is 38.1 Å². The van der Waals surface area contributed by atoms with Crippen LogP contribution in [0.1, 0.15) is 64.9 Å². The van der Waals surface area contributed by atoms with Gasteiger partial charge in [-0.3, -0.25) is 28.7 Å². The molecule has 0 radical (unpaired) electrons. The van der Waals surface area contributed by atoms with Crippen LogP contribution in [-0.4, -0.2) is 117 Å². The first-order chi connectivity index (χ1) is 23.5. The topological polar surface area (TPSA) is 156 Å². The Morgan fingerprint density at radius 2 is 1.73 bits per heavy atom. The molecule has 5 amide bonds. The van der Waals surface area contributed by atoms with Gasteiger partial charge in [-0.25, -0.2) is 0 Å². The molecule has 0 aromatic heterocycles. The van der Waals surface area contributed by atoms with Crippen molar-refractivity contribution < 1.29 is 38.2 Å². The molecule has 3 N–H and O–H groups in total. The largest absolute Gasteiger partial charge is 0.497 e. The Bertz CT molecular complexity index is 1250. The number of methoxy groups -OCH3 is 3. The third kappa shape index (κ3) is 11.3. The van der Waals surface area contributed by atoms with Gasteiger partial charge in [0.1, 0.15) is 11.8 Å². The van der Waals surface area contributed by atoms with E-state index in [0.29, 0.717) is 36.8 Å². The minimum Gasteiger partial charge on any atom is -0.497 e. The van der Waals surface area contributed by atoms with Crippen molar-refractivity contribution >= 4 is 42.0 Å². The van der Waals surface area contributed by atoms with E-state index >= 15 is 0 Å². The summed E-state index contributed by atoms with van der Waals surface area (Å²) >= 11 is 1.40. The fraction of sp³-hybridized carbons (Fsp3) is 0.686. The standard InChI is InChI=1S/C35H55N5O8S/c1-8-22(2)32(39(4)31(43)20-36-21-41)29(47-6)19-30(42)40-17-9-10-28(40)33(48-7)23(3)34(44)37-27(35(45)38-49-26-15-16-26)18-24-11-13-25(46-5)14-12-24/h11-14,21-23,26-29,32-33H,8-10,15-20H2,1-7H3,(H,36,41)(H,37,44)(H,38,45)/t22-,23+,27-,28-,29?,32?,33?/m0/s1. The Balaban J connectivity index is 1.73. The fourth-order valence-corrected chi connectivity index (χ4v) is 7.28. The molecule has 3 rings (SSSR count). The van der Waals surface area contributed by atoms with E-state index in [0.717, 1.165) is 31.2 Å². The Morgan fingerprint density at radius 3 is 2.31 bits per heavy atom. The van der Waals surface area contributed by atoms with Crippen LogP contribution in [0.5, 0.6) is 5.75 Å². The van der Waals surface area contributed by atoms with Crippen molar-refractivity contribution in [2.45, 2.75) is 101 Å². The van der Waals surface area contributed by atoms with Crippen molar-refractivity contribution in [2.24, 2.45) is 11.8 Å². The summed E-state index contributed by atoms with van der Waals surface area (Å²) in [6.45, 7) is 6.13. The van der Waals surface area contributed by atoms with Crippen molar-refractivity contribution in [1.29, 1.82) is 0 Å². The number of nitrogens with one attached hydrogen (secondary N) is 3. The quantitative estimate of drug-likeness (QED) is 0.129. The van der Waals surface area contributed by atoms with Crippen molar-refractivity contribution in [3.63, 3.8) is 0 Å². The lowest BCUT2D eigenvalue weighted by molar-refractivity contribution is -0.145. The van der Waals surface area contributed by atoms with Gasteiger partial charge < -0.3 is 34.6 Å². The number of amides is 5. The maximum Gasteiger partial charge on any atom is 0.252 e. The number of carbonyl (C=O) groups is 5. The maximum absolute atomic E-state index is 13.9. The van der Waals surface area contributed by atoms with Gasteiger partial charge in [0.15, 0.2) is 0 Å². The third-order valence-electron chi connectivity index (χ3n) is 9.72. The second-order valence-electron chi connectivity index (χ2n) is 13.0. The van der Waals surface area contributed by atoms with Gasteiger partial charge in [-0.15, -0.1) is 0 Å². The monoisotopic (exact) mass is 705 g/mol. The van der Waals surface area contributed by atoms with E-state index in [1.165, 1.54) is 26.2 Å². The first-order valence-corrected chi connectivity index (χ1v) is 18.0. The van der Waals surface area contributed by atoms with Gasteiger partial charge in [-0.2, -0.15) is 0 Å². The van der Waals surface area contributed by atoms with Gasteiger partial charge in [0, 0.05) is 39.5 Å². The summed E-state index contributed by atoms with van der Waals surface area (Å²) in [5.74, 6) is -1.01. The van der Waals surface area contributed by atoms with Gasteiger partial charge in [-0.05, 0) is 61.2 Å². The molecule has 1 aromatic rings. The lowest BCUT2D eigenvalue weighted by Gasteiger charge is -2.39. The smallest absolute Gasteiger partial charge is 0.252 e. The predicted octanol–water partition coefficient (Wildman–Crippen LogP) is 2.32. The molecule has 0 bridgehead atoms. The number of rotatable bonds is 21. The number of hydrogen-bond donors (Lipinski definition) is 3. The Labute approximate surface area is 295 Å². The second-order valence-corrected chi connectivity index (χ2v) is 14.1. The van der Waals surface area contributed by atoms with Crippen molar-refractivity contribution in [3.8, 4) is 5.75 Å². The van der Waals surface area contributed by atoms with E-state index < -0.39 is 30.2 Å². The van der Waals surface area contributed by atoms with Gasteiger partial charge >= 0.3 is 0 Å². The minimum absolute atomic E-state index is 0.0125. The number of ether oxygens (including phenoxy) is 3. The molecule has 13 nitrogen and oxygen atoms in total. The first-order valence-electron chi connectivity index (χ1n) is 17.2. The van der Waals surface area contributed by atoms with Crippen LogP contribution in [0.4, 0.5) is 0 Å². The Kier molecular flexibility index (Phi) is 16.1. The van der Waals surface area contributed by atoms with Crippen LogP contribution in [0.3, 0.4) is 0 Å². The van der Waals surface area contributed by atoms with Crippen molar-refractivity contribution in [2.75, 3.05) is 41.5 Å². The van der Waals surface area contributed by atoms with Crippen LogP contribution in [0.25, 0.3) is 0 Å². The molecule has 1 saturated carbocycles. The summed E-state index contributed by atoms with van der Waals surface area (Å²) in [6.07, 6.45) is 3.84. The van der Waals surface area contributed by atoms with Gasteiger partial charge in [0.25, 0.3) is 5.91 Å². The molecule has 1 saturated heterocycles. The molecule has 49 heavy (non-hydrogen) atoms. The van der Waals surface area contributed by atoms with Gasteiger partial charge in [-0.1, -0.05) is 39.3 Å². The molecule has 0 spiro atoms. The molecule has 3 unspecified atom stereocenters. The summed E-state index contributed by atoms with van der Waals surface area (Å²) in [7, 11) is 6.32. The number of likely N-dealkylation sites (tertiary alicyclic amines) is 1. The first kappa shape index (κ1) is 40.1. The van der Waals surface area contributed by atoms with E-state index in [1.54, 1.807) is 30.9 Å².